The van der Waals surface area contributed by atoms with Gasteiger partial charge in [0, 0.05) is 5.56 Å². The van der Waals surface area contributed by atoms with Gasteiger partial charge in [-0.25, -0.2) is 4.79 Å². The fourth-order valence-corrected chi connectivity index (χ4v) is 2.29. The number of anilines is 1. The number of nitrogens with one attached hydrogen (secondary N) is 1. The summed E-state index contributed by atoms with van der Waals surface area (Å²) < 4.78 is 15.9. The highest BCUT2D eigenvalue weighted by Crippen LogP contribution is 2.19. The Kier molecular flexibility index (Phi) is 6.57. The van der Waals surface area contributed by atoms with Crippen LogP contribution in [0.15, 0.2) is 59.0 Å². The Labute approximate surface area is 167 Å². The third-order valence-corrected chi connectivity index (χ3v) is 3.70. The molecule has 0 saturated heterocycles. The van der Waals surface area contributed by atoms with E-state index in [-0.39, 0.29) is 11.9 Å². The third kappa shape index (κ3) is 5.90. The topological polar surface area (TPSA) is 104 Å². The number of aromatic nitrogens is 2. The van der Waals surface area contributed by atoms with Gasteiger partial charge in [0.05, 0.1) is 12.2 Å². The first-order chi connectivity index (χ1) is 14.0. The van der Waals surface area contributed by atoms with Gasteiger partial charge < -0.3 is 13.9 Å². The van der Waals surface area contributed by atoms with E-state index in [1.807, 2.05) is 32.0 Å². The Balaban J connectivity index is 1.48. The first-order valence-corrected chi connectivity index (χ1v) is 9.10. The Morgan fingerprint density at radius 1 is 1.03 bits per heavy atom. The minimum atomic E-state index is -0.619. The Hall–Kier alpha value is -3.68. The molecule has 3 rings (SSSR count). The van der Waals surface area contributed by atoms with Gasteiger partial charge in [-0.3, -0.25) is 10.1 Å². The van der Waals surface area contributed by atoms with Crippen molar-refractivity contribution >= 4 is 17.9 Å². The molecule has 0 bridgehead atoms. The number of benzene rings is 2. The van der Waals surface area contributed by atoms with E-state index in [9.17, 15) is 9.59 Å². The van der Waals surface area contributed by atoms with E-state index < -0.39 is 18.5 Å². The Morgan fingerprint density at radius 3 is 2.45 bits per heavy atom. The van der Waals surface area contributed by atoms with Crippen LogP contribution in [0, 0.1) is 5.92 Å². The first kappa shape index (κ1) is 20.1. The quantitative estimate of drug-likeness (QED) is 0.582. The minimum Gasteiger partial charge on any atom is -0.493 e. The number of hydrogen-bond donors (Lipinski definition) is 1. The van der Waals surface area contributed by atoms with Gasteiger partial charge >= 0.3 is 12.0 Å². The van der Waals surface area contributed by atoms with E-state index >= 15 is 0 Å². The molecule has 1 aromatic heterocycles. The van der Waals surface area contributed by atoms with Crippen molar-refractivity contribution in [2.24, 2.45) is 5.92 Å². The molecule has 0 saturated carbocycles. The van der Waals surface area contributed by atoms with Crippen LogP contribution >= 0.6 is 0 Å². The average Bonchev–Trinajstić information content (AvgIpc) is 3.20. The molecule has 0 atom stereocenters. The van der Waals surface area contributed by atoms with E-state index in [4.69, 9.17) is 13.9 Å². The maximum Gasteiger partial charge on any atom is 0.338 e. The van der Waals surface area contributed by atoms with Crippen LogP contribution in [0.5, 0.6) is 5.75 Å². The van der Waals surface area contributed by atoms with Gasteiger partial charge in [0.2, 0.25) is 5.89 Å². The zero-order chi connectivity index (χ0) is 20.6. The summed E-state index contributed by atoms with van der Waals surface area (Å²) in [6.07, 6.45) is 0. The van der Waals surface area contributed by atoms with Crippen LogP contribution in [-0.4, -0.2) is 35.3 Å². The van der Waals surface area contributed by atoms with Crippen molar-refractivity contribution < 1.29 is 23.5 Å². The number of nitrogens with zero attached hydrogens (tertiary/aromatic N) is 2. The number of ether oxygens (including phenoxy) is 2. The normalized spacial score (nSPS) is 10.6. The van der Waals surface area contributed by atoms with Crippen LogP contribution in [0.3, 0.4) is 0 Å². The van der Waals surface area contributed by atoms with E-state index in [2.05, 4.69) is 15.5 Å². The van der Waals surface area contributed by atoms with Crippen molar-refractivity contribution in [3.8, 4) is 17.2 Å². The summed E-state index contributed by atoms with van der Waals surface area (Å²) >= 11 is 0. The van der Waals surface area contributed by atoms with Crippen molar-refractivity contribution in [2.75, 3.05) is 18.5 Å². The summed E-state index contributed by atoms with van der Waals surface area (Å²) in [7, 11) is 0. The highest BCUT2D eigenvalue weighted by molar-refractivity contribution is 5.94. The summed E-state index contributed by atoms with van der Waals surface area (Å²) in [6, 6.07) is 15.6. The highest BCUT2D eigenvalue weighted by atomic mass is 16.5. The lowest BCUT2D eigenvalue weighted by Gasteiger charge is -2.09. The summed E-state index contributed by atoms with van der Waals surface area (Å²) in [4.78, 5) is 24.0. The molecular formula is C21H21N3O5. The molecule has 1 amide bonds. The predicted molar refractivity (Wildman–Crippen MR) is 105 cm³/mol. The van der Waals surface area contributed by atoms with Crippen molar-refractivity contribution in [3.05, 3.63) is 60.2 Å². The number of esters is 1. The van der Waals surface area contributed by atoms with Crippen LogP contribution in [0.1, 0.15) is 24.2 Å². The van der Waals surface area contributed by atoms with Gasteiger partial charge in [-0.1, -0.05) is 37.1 Å². The second-order valence-corrected chi connectivity index (χ2v) is 6.63. The molecule has 0 spiro atoms. The zero-order valence-electron chi connectivity index (χ0n) is 16.1. The second kappa shape index (κ2) is 9.50. The number of amides is 1. The molecule has 0 fully saturated rings. The van der Waals surface area contributed by atoms with Gasteiger partial charge in [-0.15, -0.1) is 5.10 Å². The summed E-state index contributed by atoms with van der Waals surface area (Å²) in [5, 5.41) is 10.0. The third-order valence-electron chi connectivity index (χ3n) is 3.70. The van der Waals surface area contributed by atoms with Crippen LogP contribution in [0.25, 0.3) is 11.5 Å². The zero-order valence-corrected chi connectivity index (χ0v) is 16.1. The molecule has 0 aliphatic rings. The summed E-state index contributed by atoms with van der Waals surface area (Å²) in [5.41, 5.74) is 1.05. The predicted octanol–water partition coefficient (Wildman–Crippen LogP) is 3.57. The van der Waals surface area contributed by atoms with Gasteiger partial charge in [0.1, 0.15) is 5.75 Å². The maximum atomic E-state index is 12.1. The lowest BCUT2D eigenvalue weighted by molar-refractivity contribution is -0.119. The van der Waals surface area contributed by atoms with Crippen LogP contribution in [0.4, 0.5) is 6.01 Å². The SMILES string of the molecule is CC(C)COc1ccc(C(=O)OCC(=O)Nc2nnc(-c3ccccc3)o2)cc1. The monoisotopic (exact) mass is 395 g/mol. The number of hydrogen-bond acceptors (Lipinski definition) is 7. The van der Waals surface area contributed by atoms with Crippen molar-refractivity contribution in [1.82, 2.24) is 10.2 Å². The number of rotatable bonds is 8. The maximum absolute atomic E-state index is 12.1. The van der Waals surface area contributed by atoms with Gasteiger partial charge in [0.25, 0.3) is 5.91 Å². The Morgan fingerprint density at radius 2 is 1.76 bits per heavy atom. The first-order valence-electron chi connectivity index (χ1n) is 9.10. The molecule has 8 heteroatoms. The van der Waals surface area contributed by atoms with E-state index in [0.717, 1.165) is 5.56 Å². The molecule has 0 radical (unpaired) electrons. The molecule has 29 heavy (non-hydrogen) atoms. The summed E-state index contributed by atoms with van der Waals surface area (Å²) in [6.45, 7) is 4.21. The molecule has 0 aliphatic carbocycles. The van der Waals surface area contributed by atoms with Crippen LogP contribution in [0.2, 0.25) is 0 Å². The van der Waals surface area contributed by atoms with Gasteiger partial charge in [-0.05, 0) is 42.3 Å². The largest absolute Gasteiger partial charge is 0.493 e. The molecular weight excluding hydrogens is 374 g/mol. The second-order valence-electron chi connectivity index (χ2n) is 6.63. The molecule has 1 heterocycles. The van der Waals surface area contributed by atoms with Crippen molar-refractivity contribution in [2.45, 2.75) is 13.8 Å². The van der Waals surface area contributed by atoms with E-state index in [0.29, 0.717) is 23.8 Å². The van der Waals surface area contributed by atoms with Crippen LogP contribution < -0.4 is 10.1 Å². The molecule has 3 aromatic rings. The molecule has 0 unspecified atom stereocenters. The van der Waals surface area contributed by atoms with Crippen molar-refractivity contribution in [3.63, 3.8) is 0 Å². The smallest absolute Gasteiger partial charge is 0.338 e. The highest BCUT2D eigenvalue weighted by Gasteiger charge is 2.14. The fraction of sp³-hybridized carbons (Fsp3) is 0.238. The lowest BCUT2D eigenvalue weighted by Crippen LogP contribution is -2.21. The Bertz CT molecular complexity index is 952. The fourth-order valence-electron chi connectivity index (χ4n) is 2.29. The average molecular weight is 395 g/mol. The molecule has 8 nitrogen and oxygen atoms in total. The number of carbonyl (C=O) groups excluding carboxylic acids is 2. The van der Waals surface area contributed by atoms with E-state index in [1.54, 1.807) is 36.4 Å². The van der Waals surface area contributed by atoms with E-state index in [1.165, 1.54) is 0 Å². The molecule has 150 valence electrons. The van der Waals surface area contributed by atoms with Gasteiger partial charge in [-0.2, -0.15) is 0 Å². The summed E-state index contributed by atoms with van der Waals surface area (Å²) in [5.74, 6) is 0.140. The van der Waals surface area contributed by atoms with Crippen LogP contribution in [-0.2, 0) is 9.53 Å². The lowest BCUT2D eigenvalue weighted by atomic mass is 10.2. The molecule has 2 aromatic carbocycles. The molecule has 0 aliphatic heterocycles. The standard InChI is InChI=1S/C21H21N3O5/c1-14(2)12-27-17-10-8-16(9-11-17)20(26)28-13-18(25)22-21-24-23-19(29-21)15-6-4-3-5-7-15/h3-11,14H,12-13H2,1-2H3,(H,22,24,25). The minimum absolute atomic E-state index is 0.0726. The number of carbonyl (C=O) groups is 2. The molecule has 1 N–H and O–H groups in total. The van der Waals surface area contributed by atoms with Gasteiger partial charge in [0.15, 0.2) is 6.61 Å². The van der Waals surface area contributed by atoms with Crippen molar-refractivity contribution in [1.29, 1.82) is 0 Å².